The summed E-state index contributed by atoms with van der Waals surface area (Å²) in [7, 11) is 4.08. The fourth-order valence-corrected chi connectivity index (χ4v) is 3.11. The molecule has 0 spiro atoms. The van der Waals surface area contributed by atoms with Gasteiger partial charge >= 0.3 is 5.97 Å². The van der Waals surface area contributed by atoms with Gasteiger partial charge in [-0.25, -0.2) is 0 Å². The first-order chi connectivity index (χ1) is 13.0. The Morgan fingerprint density at radius 2 is 2.19 bits per heavy atom. The van der Waals surface area contributed by atoms with Crippen molar-refractivity contribution in [3.05, 3.63) is 58.7 Å². The van der Waals surface area contributed by atoms with E-state index in [-0.39, 0.29) is 6.42 Å². The molecule has 4 heteroatoms. The van der Waals surface area contributed by atoms with Gasteiger partial charge in [0, 0.05) is 18.5 Å². The number of ether oxygens (including phenoxy) is 1. The molecule has 0 bridgehead atoms. The van der Waals surface area contributed by atoms with Crippen LogP contribution >= 0.6 is 0 Å². The van der Waals surface area contributed by atoms with Gasteiger partial charge in [0.2, 0.25) is 0 Å². The molecule has 0 amide bonds. The first-order valence-corrected chi connectivity index (χ1v) is 9.07. The summed E-state index contributed by atoms with van der Waals surface area (Å²) in [6.45, 7) is 3.33. The Morgan fingerprint density at radius 1 is 1.41 bits per heavy atom. The summed E-state index contributed by atoms with van der Waals surface area (Å²) >= 11 is 0. The molecule has 0 saturated carbocycles. The zero-order valence-corrected chi connectivity index (χ0v) is 16.3. The molecule has 1 aliphatic heterocycles. The number of carboxylic acids is 1. The summed E-state index contributed by atoms with van der Waals surface area (Å²) in [4.78, 5) is 13.3. The molecule has 0 atom stereocenters. The van der Waals surface area contributed by atoms with Gasteiger partial charge in [-0.05, 0) is 61.9 Å². The average Bonchev–Trinajstić information content (AvgIpc) is 2.73. The Bertz CT molecular complexity index is 823. The summed E-state index contributed by atoms with van der Waals surface area (Å²) in [5, 5.41) is 9.15. The summed E-state index contributed by atoms with van der Waals surface area (Å²) in [6.07, 6.45) is 13.2. The van der Waals surface area contributed by atoms with Crippen LogP contribution in [0, 0.1) is 12.3 Å². The lowest BCUT2D eigenvalue weighted by molar-refractivity contribution is -0.136. The van der Waals surface area contributed by atoms with Crippen LogP contribution < -0.4 is 4.74 Å². The molecule has 4 nitrogen and oxygen atoms in total. The van der Waals surface area contributed by atoms with E-state index in [4.69, 9.17) is 16.3 Å². The standard InChI is InChI=1S/C23H27NO3/c1-5-8-18-16-27-22-12-11-17(15-23(25)26)14-21(22)20(19(18)9-6-2)10-7-13-24(3)4/h1,6,9-12,14H,7-8,13,15-16H2,2-4H3,(H,25,26)/b9-6-,20-10-. The maximum atomic E-state index is 11.1. The minimum Gasteiger partial charge on any atom is -0.489 e. The second-order valence-corrected chi connectivity index (χ2v) is 6.80. The van der Waals surface area contributed by atoms with E-state index in [1.54, 1.807) is 0 Å². The molecular formula is C23H27NO3. The number of allylic oxidation sites excluding steroid dienone is 4. The van der Waals surface area contributed by atoms with Crippen LogP contribution in [0.2, 0.25) is 0 Å². The lowest BCUT2D eigenvalue weighted by atomic mass is 9.90. The molecule has 1 N–H and O–H groups in total. The van der Waals surface area contributed by atoms with E-state index >= 15 is 0 Å². The summed E-state index contributed by atoms with van der Waals surface area (Å²) in [6, 6.07) is 5.60. The first-order valence-electron chi connectivity index (χ1n) is 9.07. The van der Waals surface area contributed by atoms with Crippen LogP contribution in [0.15, 0.2) is 47.6 Å². The number of nitrogens with zero attached hydrogens (tertiary/aromatic N) is 1. The lowest BCUT2D eigenvalue weighted by Crippen LogP contribution is -2.12. The summed E-state index contributed by atoms with van der Waals surface area (Å²) in [5.74, 6) is 2.64. The third-order valence-corrected chi connectivity index (χ3v) is 4.34. The second-order valence-electron chi connectivity index (χ2n) is 6.80. The average molecular weight is 365 g/mol. The van der Waals surface area contributed by atoms with E-state index in [1.165, 1.54) is 0 Å². The number of carbonyl (C=O) groups is 1. The normalized spacial score (nSPS) is 15.6. The zero-order chi connectivity index (χ0) is 19.8. The molecule has 142 valence electrons. The molecule has 0 radical (unpaired) electrons. The van der Waals surface area contributed by atoms with Crippen LogP contribution in [0.1, 0.15) is 30.9 Å². The Morgan fingerprint density at radius 3 is 2.81 bits per heavy atom. The minimum absolute atomic E-state index is 0.0157. The van der Waals surface area contributed by atoms with Gasteiger partial charge in [-0.1, -0.05) is 24.3 Å². The quantitative estimate of drug-likeness (QED) is 0.744. The number of carboxylic acid groups (broad SMARTS) is 1. The van der Waals surface area contributed by atoms with Gasteiger partial charge in [0.25, 0.3) is 0 Å². The second kappa shape index (κ2) is 9.80. The van der Waals surface area contributed by atoms with E-state index in [2.05, 4.69) is 23.0 Å². The first kappa shape index (κ1) is 20.5. The van der Waals surface area contributed by atoms with Gasteiger partial charge in [-0.15, -0.1) is 12.3 Å². The van der Waals surface area contributed by atoms with Crippen molar-refractivity contribution in [1.82, 2.24) is 4.90 Å². The number of benzene rings is 1. The third kappa shape index (κ3) is 5.60. The highest BCUT2D eigenvalue weighted by Crippen LogP contribution is 2.38. The predicted octanol–water partition coefficient (Wildman–Crippen LogP) is 3.94. The topological polar surface area (TPSA) is 49.8 Å². The van der Waals surface area contributed by atoms with Crippen molar-refractivity contribution in [1.29, 1.82) is 0 Å². The van der Waals surface area contributed by atoms with Crippen molar-refractivity contribution < 1.29 is 14.6 Å². The van der Waals surface area contributed by atoms with Crippen molar-refractivity contribution >= 4 is 11.5 Å². The Labute approximate surface area is 161 Å². The highest BCUT2D eigenvalue weighted by molar-refractivity contribution is 5.87. The number of hydrogen-bond donors (Lipinski definition) is 1. The maximum absolute atomic E-state index is 11.1. The lowest BCUT2D eigenvalue weighted by Gasteiger charge is -2.14. The summed E-state index contributed by atoms with van der Waals surface area (Å²) < 4.78 is 6.02. The fraction of sp³-hybridized carbons (Fsp3) is 0.348. The molecule has 0 aromatic heterocycles. The molecule has 0 saturated heterocycles. The van der Waals surface area contributed by atoms with E-state index in [0.717, 1.165) is 46.6 Å². The molecule has 2 rings (SSSR count). The van der Waals surface area contributed by atoms with Crippen LogP contribution in [-0.4, -0.2) is 43.2 Å². The van der Waals surface area contributed by atoms with Crippen molar-refractivity contribution in [3.8, 4) is 18.1 Å². The van der Waals surface area contributed by atoms with Gasteiger partial charge in [0.15, 0.2) is 0 Å². The van der Waals surface area contributed by atoms with Crippen LogP contribution in [0.5, 0.6) is 5.75 Å². The molecule has 1 aromatic rings. The number of aliphatic carboxylic acids is 1. The Kier molecular flexibility index (Phi) is 7.45. The van der Waals surface area contributed by atoms with Gasteiger partial charge in [-0.2, -0.15) is 0 Å². The Hall–Kier alpha value is -2.77. The van der Waals surface area contributed by atoms with Crippen LogP contribution in [0.4, 0.5) is 0 Å². The number of hydrogen-bond acceptors (Lipinski definition) is 3. The largest absolute Gasteiger partial charge is 0.489 e. The van der Waals surface area contributed by atoms with E-state index in [9.17, 15) is 4.79 Å². The smallest absolute Gasteiger partial charge is 0.307 e. The van der Waals surface area contributed by atoms with Crippen LogP contribution in [-0.2, 0) is 11.2 Å². The zero-order valence-electron chi connectivity index (χ0n) is 16.3. The monoisotopic (exact) mass is 365 g/mol. The molecular weight excluding hydrogens is 338 g/mol. The van der Waals surface area contributed by atoms with Gasteiger partial charge in [0.05, 0.1) is 6.42 Å². The SMILES string of the molecule is C#CCC1=C(/C=C\C)/C(=C/CCN(C)C)c2cc(CC(=O)O)ccc2OC1. The van der Waals surface area contributed by atoms with Crippen LogP contribution in [0.25, 0.3) is 5.57 Å². The van der Waals surface area contributed by atoms with E-state index < -0.39 is 5.97 Å². The molecule has 27 heavy (non-hydrogen) atoms. The van der Waals surface area contributed by atoms with Gasteiger partial charge in [0.1, 0.15) is 12.4 Å². The van der Waals surface area contributed by atoms with Gasteiger partial charge < -0.3 is 14.7 Å². The summed E-state index contributed by atoms with van der Waals surface area (Å²) in [5.41, 5.74) is 4.86. The molecule has 0 unspecified atom stereocenters. The Balaban J connectivity index is 2.60. The number of rotatable bonds is 7. The van der Waals surface area contributed by atoms with E-state index in [0.29, 0.717) is 13.0 Å². The number of terminal acetylenes is 1. The highest BCUT2D eigenvalue weighted by Gasteiger charge is 2.20. The predicted molar refractivity (Wildman–Crippen MR) is 110 cm³/mol. The van der Waals surface area contributed by atoms with Crippen LogP contribution in [0.3, 0.4) is 0 Å². The van der Waals surface area contributed by atoms with Crippen molar-refractivity contribution in [3.63, 3.8) is 0 Å². The molecule has 1 aromatic carbocycles. The van der Waals surface area contributed by atoms with Crippen molar-refractivity contribution in [2.45, 2.75) is 26.2 Å². The highest BCUT2D eigenvalue weighted by atomic mass is 16.5. The maximum Gasteiger partial charge on any atom is 0.307 e. The van der Waals surface area contributed by atoms with Gasteiger partial charge in [-0.3, -0.25) is 4.79 Å². The number of fused-ring (bicyclic) bond motifs is 1. The van der Waals surface area contributed by atoms with E-state index in [1.807, 2.05) is 45.3 Å². The molecule has 0 fully saturated rings. The molecule has 0 aliphatic carbocycles. The minimum atomic E-state index is -0.847. The fourth-order valence-electron chi connectivity index (χ4n) is 3.11. The van der Waals surface area contributed by atoms with Crippen molar-refractivity contribution in [2.75, 3.05) is 27.2 Å². The molecule has 1 aliphatic rings. The molecule has 1 heterocycles. The van der Waals surface area contributed by atoms with Crippen molar-refractivity contribution in [2.24, 2.45) is 0 Å². The third-order valence-electron chi connectivity index (χ3n) is 4.34.